The fraction of sp³-hybridized carbons (Fsp3) is 0.500. The second-order valence-corrected chi connectivity index (χ2v) is 8.92. The molecule has 27 heavy (non-hydrogen) atoms. The number of rotatable bonds is 2. The van der Waals surface area contributed by atoms with Crippen LogP contribution in [-0.2, 0) is 14.0 Å². The van der Waals surface area contributed by atoms with Crippen LogP contribution in [0.5, 0.6) is 0 Å². The number of carbonyl (C=O) groups is 2. The Hall–Kier alpha value is -2.12. The monoisotopic (exact) mass is 371 g/mol. The maximum atomic E-state index is 12.7. The highest BCUT2D eigenvalue weighted by molar-refractivity contribution is 6.65. The average Bonchev–Trinajstić information content (AvgIpc) is 2.99. The van der Waals surface area contributed by atoms with Gasteiger partial charge in [-0.15, -0.1) is 0 Å². The van der Waals surface area contributed by atoms with E-state index >= 15 is 0 Å². The molecule has 0 atom stereocenters. The van der Waals surface area contributed by atoms with Gasteiger partial charge in [0.25, 0.3) is 0 Å². The van der Waals surface area contributed by atoms with Gasteiger partial charge in [0, 0.05) is 22.6 Å². The van der Waals surface area contributed by atoms with Crippen LogP contribution in [0.25, 0.3) is 10.9 Å². The first-order chi connectivity index (χ1) is 12.3. The van der Waals surface area contributed by atoms with Crippen molar-refractivity contribution >= 4 is 35.9 Å². The van der Waals surface area contributed by atoms with E-state index in [0.717, 1.165) is 17.1 Å². The van der Waals surface area contributed by atoms with E-state index in [1.54, 1.807) is 24.4 Å². The molecule has 0 bridgehead atoms. The highest BCUT2D eigenvalue weighted by Crippen LogP contribution is 2.37. The Morgan fingerprint density at radius 3 is 2.26 bits per heavy atom. The lowest BCUT2D eigenvalue weighted by molar-refractivity contribution is 0.00578. The number of nitrogens with zero attached hydrogens (tertiary/aromatic N) is 1. The van der Waals surface area contributed by atoms with Gasteiger partial charge < -0.3 is 14.0 Å². The summed E-state index contributed by atoms with van der Waals surface area (Å²) >= 11 is 0. The zero-order valence-electron chi connectivity index (χ0n) is 17.0. The Morgan fingerprint density at radius 2 is 1.74 bits per heavy atom. The maximum absolute atomic E-state index is 12.7. The number of hydrogen-bond acceptors (Lipinski definition) is 5. The number of aldehydes is 1. The number of benzene rings is 1. The Kier molecular flexibility index (Phi) is 4.52. The lowest BCUT2D eigenvalue weighted by Gasteiger charge is -2.32. The molecule has 3 rings (SSSR count). The molecule has 1 fully saturated rings. The normalized spacial score (nSPS) is 18.7. The predicted molar refractivity (Wildman–Crippen MR) is 105 cm³/mol. The molecule has 0 aliphatic carbocycles. The van der Waals surface area contributed by atoms with E-state index in [4.69, 9.17) is 14.0 Å². The summed E-state index contributed by atoms with van der Waals surface area (Å²) in [7, 11) is -0.622. The van der Waals surface area contributed by atoms with Crippen molar-refractivity contribution in [2.45, 2.75) is 65.3 Å². The van der Waals surface area contributed by atoms with Crippen molar-refractivity contribution in [1.29, 1.82) is 0 Å². The molecule has 0 N–H and O–H groups in total. The quantitative estimate of drug-likeness (QED) is 0.597. The summed E-state index contributed by atoms with van der Waals surface area (Å²) in [5.41, 5.74) is 0.151. The van der Waals surface area contributed by atoms with Crippen LogP contribution in [0.3, 0.4) is 0 Å². The van der Waals surface area contributed by atoms with Crippen LogP contribution in [0.1, 0.15) is 58.8 Å². The van der Waals surface area contributed by atoms with Crippen LogP contribution in [0.15, 0.2) is 24.4 Å². The molecule has 2 aromatic rings. The molecule has 0 radical (unpaired) electrons. The first-order valence-electron chi connectivity index (χ1n) is 9.04. The van der Waals surface area contributed by atoms with Crippen LogP contribution in [-0.4, -0.2) is 40.9 Å². The number of fused-ring (bicyclic) bond motifs is 1. The van der Waals surface area contributed by atoms with Crippen LogP contribution in [0.2, 0.25) is 0 Å². The van der Waals surface area contributed by atoms with Crippen LogP contribution in [0, 0.1) is 0 Å². The summed E-state index contributed by atoms with van der Waals surface area (Å²) in [5, 5.41) is 0.782. The van der Waals surface area contributed by atoms with Crippen molar-refractivity contribution in [3.63, 3.8) is 0 Å². The molecule has 0 spiro atoms. The molecule has 0 unspecified atom stereocenters. The van der Waals surface area contributed by atoms with Gasteiger partial charge in [0.15, 0.2) is 0 Å². The molecule has 1 saturated heterocycles. The third-order valence-electron chi connectivity index (χ3n) is 5.09. The average molecular weight is 371 g/mol. The molecule has 1 aliphatic heterocycles. The SMILES string of the molecule is CC(C)(C)OC(=O)n1cc(B2OC(C)(C)C(C)(C)O2)c2ccc(C=O)cc21. The predicted octanol–water partition coefficient (Wildman–Crippen LogP) is 3.54. The van der Waals surface area contributed by atoms with Gasteiger partial charge in [0.1, 0.15) is 11.9 Å². The molecule has 0 amide bonds. The van der Waals surface area contributed by atoms with E-state index in [1.807, 2.05) is 48.5 Å². The van der Waals surface area contributed by atoms with Gasteiger partial charge in [-0.3, -0.25) is 9.36 Å². The van der Waals surface area contributed by atoms with Gasteiger partial charge in [0.2, 0.25) is 0 Å². The Morgan fingerprint density at radius 1 is 1.15 bits per heavy atom. The minimum atomic E-state index is -0.638. The van der Waals surface area contributed by atoms with Gasteiger partial charge in [-0.2, -0.15) is 0 Å². The maximum Gasteiger partial charge on any atom is 0.497 e. The molecular weight excluding hydrogens is 345 g/mol. The molecule has 1 aliphatic rings. The van der Waals surface area contributed by atoms with E-state index < -0.39 is 30.0 Å². The van der Waals surface area contributed by atoms with Crippen molar-refractivity contribution in [3.05, 3.63) is 30.0 Å². The van der Waals surface area contributed by atoms with Crippen LogP contribution < -0.4 is 5.46 Å². The summed E-state index contributed by atoms with van der Waals surface area (Å²) in [5.74, 6) is 0. The van der Waals surface area contributed by atoms with Crippen molar-refractivity contribution in [2.75, 3.05) is 0 Å². The van der Waals surface area contributed by atoms with Gasteiger partial charge in [-0.1, -0.05) is 12.1 Å². The Labute approximate surface area is 159 Å². The Balaban J connectivity index is 2.12. The second kappa shape index (κ2) is 6.21. The Bertz CT molecular complexity index is 891. The third kappa shape index (κ3) is 3.54. The summed E-state index contributed by atoms with van der Waals surface area (Å²) in [6.07, 6.45) is 1.91. The molecular formula is C20H26BNO5. The topological polar surface area (TPSA) is 66.8 Å². The van der Waals surface area contributed by atoms with E-state index in [0.29, 0.717) is 11.1 Å². The smallest absolute Gasteiger partial charge is 0.443 e. The minimum Gasteiger partial charge on any atom is -0.443 e. The van der Waals surface area contributed by atoms with E-state index in [1.165, 1.54) is 4.57 Å². The fourth-order valence-electron chi connectivity index (χ4n) is 2.96. The van der Waals surface area contributed by atoms with Gasteiger partial charge in [-0.25, -0.2) is 4.79 Å². The first kappa shape index (κ1) is 19.6. The molecule has 6 nitrogen and oxygen atoms in total. The van der Waals surface area contributed by atoms with Crippen LogP contribution in [0.4, 0.5) is 4.79 Å². The fourth-order valence-corrected chi connectivity index (χ4v) is 2.96. The van der Waals surface area contributed by atoms with Crippen molar-refractivity contribution in [3.8, 4) is 0 Å². The lowest BCUT2D eigenvalue weighted by atomic mass is 9.79. The standard InChI is InChI=1S/C20H26BNO5/c1-18(2,3)25-17(24)22-11-15(14-9-8-13(12-23)10-16(14)22)21-26-19(4,5)20(6,7)27-21/h8-12H,1-7H3. The molecule has 144 valence electrons. The molecule has 1 aromatic carbocycles. The molecule has 0 saturated carbocycles. The molecule has 7 heteroatoms. The first-order valence-corrected chi connectivity index (χ1v) is 9.04. The largest absolute Gasteiger partial charge is 0.497 e. The van der Waals surface area contributed by atoms with Gasteiger partial charge in [0.05, 0.1) is 16.7 Å². The van der Waals surface area contributed by atoms with E-state index in [-0.39, 0.29) is 0 Å². The summed E-state index contributed by atoms with van der Waals surface area (Å²) in [6.45, 7) is 13.3. The van der Waals surface area contributed by atoms with Gasteiger partial charge >= 0.3 is 13.2 Å². The zero-order chi connectivity index (χ0) is 20.2. The minimum absolute atomic E-state index is 0.478. The number of ether oxygens (including phenoxy) is 1. The van der Waals surface area contributed by atoms with Crippen LogP contribution >= 0.6 is 0 Å². The molecule has 1 aromatic heterocycles. The molecule has 2 heterocycles. The highest BCUT2D eigenvalue weighted by atomic mass is 16.7. The van der Waals surface area contributed by atoms with E-state index in [2.05, 4.69) is 0 Å². The van der Waals surface area contributed by atoms with E-state index in [9.17, 15) is 9.59 Å². The van der Waals surface area contributed by atoms with Gasteiger partial charge in [-0.05, 0) is 54.5 Å². The summed E-state index contributed by atoms with van der Waals surface area (Å²) < 4.78 is 19.2. The van der Waals surface area contributed by atoms with Crippen molar-refractivity contribution < 1.29 is 23.6 Å². The number of aromatic nitrogens is 1. The highest BCUT2D eigenvalue weighted by Gasteiger charge is 2.52. The number of hydrogen-bond donors (Lipinski definition) is 0. The second-order valence-electron chi connectivity index (χ2n) is 8.92. The zero-order valence-corrected chi connectivity index (χ0v) is 17.0. The third-order valence-corrected chi connectivity index (χ3v) is 5.09. The lowest BCUT2D eigenvalue weighted by Crippen LogP contribution is -2.41. The van der Waals surface area contributed by atoms with Crippen molar-refractivity contribution in [1.82, 2.24) is 4.57 Å². The van der Waals surface area contributed by atoms with Crippen molar-refractivity contribution in [2.24, 2.45) is 0 Å². The summed E-state index contributed by atoms with van der Waals surface area (Å²) in [6, 6.07) is 5.19. The number of carbonyl (C=O) groups excluding carboxylic acids is 2. The summed E-state index contributed by atoms with van der Waals surface area (Å²) in [4.78, 5) is 23.9.